The molecule has 1 aliphatic rings. The average Bonchev–Trinajstić information content (AvgIpc) is 3.17. The quantitative estimate of drug-likeness (QED) is 0.848. The molecular formula is C15H19FN4O3S. The SMILES string of the molecule is CCNS(=O)(=O)c1ccc(F)c(-c2nc(C3(N)CCCC3)no2)c1. The molecule has 3 rings (SSSR count). The normalized spacial score (nSPS) is 17.3. The van der Waals surface area contributed by atoms with Gasteiger partial charge in [-0.1, -0.05) is 24.9 Å². The topological polar surface area (TPSA) is 111 Å². The fourth-order valence-electron chi connectivity index (χ4n) is 2.87. The summed E-state index contributed by atoms with van der Waals surface area (Å²) in [6.45, 7) is 1.89. The van der Waals surface area contributed by atoms with E-state index in [0.29, 0.717) is 5.82 Å². The van der Waals surface area contributed by atoms with Crippen molar-refractivity contribution in [1.82, 2.24) is 14.9 Å². The first kappa shape index (κ1) is 17.0. The molecule has 0 saturated heterocycles. The summed E-state index contributed by atoms with van der Waals surface area (Å²) in [4.78, 5) is 4.14. The van der Waals surface area contributed by atoms with Gasteiger partial charge >= 0.3 is 0 Å². The maximum absolute atomic E-state index is 14.1. The van der Waals surface area contributed by atoms with Crippen LogP contribution in [0, 0.1) is 5.82 Å². The Bertz CT molecular complexity index is 844. The van der Waals surface area contributed by atoms with E-state index in [9.17, 15) is 12.8 Å². The third-order valence-electron chi connectivity index (χ3n) is 4.18. The molecule has 0 spiro atoms. The molecule has 1 fully saturated rings. The summed E-state index contributed by atoms with van der Waals surface area (Å²) in [5.74, 6) is -0.389. The Kier molecular flexibility index (Phi) is 4.41. The van der Waals surface area contributed by atoms with Gasteiger partial charge in [0.05, 0.1) is 16.0 Å². The van der Waals surface area contributed by atoms with E-state index in [4.69, 9.17) is 10.3 Å². The summed E-state index contributed by atoms with van der Waals surface area (Å²) in [5, 5.41) is 3.87. The molecule has 1 saturated carbocycles. The van der Waals surface area contributed by atoms with E-state index in [1.54, 1.807) is 6.92 Å². The Hall–Kier alpha value is -1.84. The lowest BCUT2D eigenvalue weighted by molar-refractivity contribution is 0.372. The van der Waals surface area contributed by atoms with Gasteiger partial charge in [-0.25, -0.2) is 17.5 Å². The van der Waals surface area contributed by atoms with E-state index in [1.807, 2.05) is 0 Å². The predicted octanol–water partition coefficient (Wildman–Crippen LogP) is 1.90. The van der Waals surface area contributed by atoms with Gasteiger partial charge in [0.25, 0.3) is 5.89 Å². The third-order valence-corrected chi connectivity index (χ3v) is 5.72. The Labute approximate surface area is 139 Å². The van der Waals surface area contributed by atoms with Crippen molar-refractivity contribution >= 4 is 10.0 Å². The van der Waals surface area contributed by atoms with Crippen LogP contribution in [0.2, 0.25) is 0 Å². The summed E-state index contributed by atoms with van der Waals surface area (Å²) in [6, 6.07) is 3.44. The van der Waals surface area contributed by atoms with Crippen molar-refractivity contribution < 1.29 is 17.3 Å². The van der Waals surface area contributed by atoms with Crippen LogP contribution in [0.4, 0.5) is 4.39 Å². The van der Waals surface area contributed by atoms with Gasteiger partial charge in [-0.15, -0.1) is 0 Å². The molecule has 0 unspecified atom stereocenters. The molecule has 0 bridgehead atoms. The van der Waals surface area contributed by atoms with Crippen LogP contribution in [0.25, 0.3) is 11.5 Å². The molecule has 1 aromatic heterocycles. The van der Waals surface area contributed by atoms with E-state index in [2.05, 4.69) is 14.9 Å². The summed E-state index contributed by atoms with van der Waals surface area (Å²) >= 11 is 0. The molecule has 0 radical (unpaired) electrons. The first-order valence-corrected chi connectivity index (χ1v) is 9.27. The van der Waals surface area contributed by atoms with E-state index >= 15 is 0 Å². The maximum Gasteiger partial charge on any atom is 0.261 e. The van der Waals surface area contributed by atoms with Gasteiger partial charge in [0, 0.05) is 6.54 Å². The zero-order valence-corrected chi connectivity index (χ0v) is 14.1. The van der Waals surface area contributed by atoms with Crippen molar-refractivity contribution in [3.63, 3.8) is 0 Å². The van der Waals surface area contributed by atoms with Crippen molar-refractivity contribution in [1.29, 1.82) is 0 Å². The molecule has 130 valence electrons. The summed E-state index contributed by atoms with van der Waals surface area (Å²) in [7, 11) is -3.71. The van der Waals surface area contributed by atoms with Crippen LogP contribution in [0.1, 0.15) is 38.4 Å². The zero-order chi connectivity index (χ0) is 17.4. The summed E-state index contributed by atoms with van der Waals surface area (Å²) < 4.78 is 45.8. The minimum Gasteiger partial charge on any atom is -0.334 e. The lowest BCUT2D eigenvalue weighted by atomic mass is 9.99. The molecule has 1 aliphatic carbocycles. The van der Waals surface area contributed by atoms with Crippen molar-refractivity contribution in [2.24, 2.45) is 5.73 Å². The molecule has 2 aromatic rings. The highest BCUT2D eigenvalue weighted by molar-refractivity contribution is 7.89. The number of nitrogens with zero attached hydrogens (tertiary/aromatic N) is 2. The highest BCUT2D eigenvalue weighted by Gasteiger charge is 2.36. The molecule has 7 nitrogen and oxygen atoms in total. The first-order valence-electron chi connectivity index (χ1n) is 7.78. The van der Waals surface area contributed by atoms with E-state index in [0.717, 1.165) is 31.7 Å². The monoisotopic (exact) mass is 354 g/mol. The smallest absolute Gasteiger partial charge is 0.261 e. The van der Waals surface area contributed by atoms with Crippen LogP contribution in [-0.2, 0) is 15.6 Å². The van der Waals surface area contributed by atoms with Gasteiger partial charge < -0.3 is 10.3 Å². The Morgan fingerprint density at radius 2 is 2.08 bits per heavy atom. The Morgan fingerprint density at radius 3 is 2.75 bits per heavy atom. The van der Waals surface area contributed by atoms with Gasteiger partial charge in [0.15, 0.2) is 5.82 Å². The average molecular weight is 354 g/mol. The second-order valence-corrected chi connectivity index (χ2v) is 7.70. The molecule has 3 N–H and O–H groups in total. The molecule has 9 heteroatoms. The number of sulfonamides is 1. The highest BCUT2D eigenvalue weighted by atomic mass is 32.2. The predicted molar refractivity (Wildman–Crippen MR) is 84.9 cm³/mol. The van der Waals surface area contributed by atoms with Gasteiger partial charge in [-0.3, -0.25) is 0 Å². The Morgan fingerprint density at radius 1 is 1.38 bits per heavy atom. The van der Waals surface area contributed by atoms with Crippen LogP contribution >= 0.6 is 0 Å². The van der Waals surface area contributed by atoms with Crippen LogP contribution in [-0.4, -0.2) is 25.1 Å². The maximum atomic E-state index is 14.1. The Balaban J connectivity index is 1.99. The summed E-state index contributed by atoms with van der Waals surface area (Å²) in [5.41, 5.74) is 5.54. The van der Waals surface area contributed by atoms with Crippen molar-refractivity contribution in [2.75, 3.05) is 6.54 Å². The van der Waals surface area contributed by atoms with Crippen molar-refractivity contribution in [2.45, 2.75) is 43.0 Å². The minimum absolute atomic E-state index is 0.0608. The highest BCUT2D eigenvalue weighted by Crippen LogP contribution is 2.35. The van der Waals surface area contributed by atoms with Crippen LogP contribution in [0.5, 0.6) is 0 Å². The number of rotatable bonds is 5. The lowest BCUT2D eigenvalue weighted by Gasteiger charge is -2.17. The number of hydrogen-bond donors (Lipinski definition) is 2. The number of hydrogen-bond acceptors (Lipinski definition) is 6. The standard InChI is InChI=1S/C15H19FN4O3S/c1-2-18-24(21,22)10-5-6-12(16)11(9-10)13-19-14(20-23-13)15(17)7-3-4-8-15/h5-6,9,18H,2-4,7-8,17H2,1H3. The third kappa shape index (κ3) is 3.06. The fraction of sp³-hybridized carbons (Fsp3) is 0.467. The van der Waals surface area contributed by atoms with Crippen LogP contribution in [0.3, 0.4) is 0 Å². The van der Waals surface area contributed by atoms with Gasteiger partial charge in [0.2, 0.25) is 10.0 Å². The number of nitrogens with one attached hydrogen (secondary N) is 1. The summed E-state index contributed by atoms with van der Waals surface area (Å²) in [6.07, 6.45) is 3.43. The fourth-order valence-corrected chi connectivity index (χ4v) is 3.94. The molecule has 0 aliphatic heterocycles. The number of benzene rings is 1. The molecule has 0 amide bonds. The number of aromatic nitrogens is 2. The van der Waals surface area contributed by atoms with E-state index < -0.39 is 21.4 Å². The second kappa shape index (κ2) is 6.23. The van der Waals surface area contributed by atoms with Gasteiger partial charge in [-0.05, 0) is 31.0 Å². The zero-order valence-electron chi connectivity index (χ0n) is 13.3. The van der Waals surface area contributed by atoms with Gasteiger partial charge in [-0.2, -0.15) is 4.98 Å². The lowest BCUT2D eigenvalue weighted by Crippen LogP contribution is -2.34. The second-order valence-electron chi connectivity index (χ2n) is 5.93. The molecular weight excluding hydrogens is 335 g/mol. The number of nitrogens with two attached hydrogens (primary N) is 1. The van der Waals surface area contributed by atoms with E-state index in [-0.39, 0.29) is 22.9 Å². The van der Waals surface area contributed by atoms with Gasteiger partial charge in [0.1, 0.15) is 5.82 Å². The largest absolute Gasteiger partial charge is 0.334 e. The molecule has 1 aromatic carbocycles. The van der Waals surface area contributed by atoms with Crippen molar-refractivity contribution in [3.8, 4) is 11.5 Å². The minimum atomic E-state index is -3.71. The molecule has 24 heavy (non-hydrogen) atoms. The molecule has 1 heterocycles. The number of halogens is 1. The van der Waals surface area contributed by atoms with Crippen molar-refractivity contribution in [3.05, 3.63) is 29.8 Å². The van der Waals surface area contributed by atoms with Crippen LogP contribution < -0.4 is 10.5 Å². The van der Waals surface area contributed by atoms with Crippen LogP contribution in [0.15, 0.2) is 27.6 Å². The first-order chi connectivity index (χ1) is 11.4. The van der Waals surface area contributed by atoms with E-state index in [1.165, 1.54) is 12.1 Å². The molecule has 0 atom stereocenters.